The molecule has 0 aromatic heterocycles. The molecule has 4 heteroatoms. The number of nitrogens with one attached hydrogen (secondary N) is 1. The Labute approximate surface area is 101 Å². The highest BCUT2D eigenvalue weighted by Gasteiger charge is 2.28. The van der Waals surface area contributed by atoms with Gasteiger partial charge in [-0.3, -0.25) is 0 Å². The molecular formula is C13H18N2O2. The Morgan fingerprint density at radius 3 is 2.59 bits per heavy atom. The molecule has 92 valence electrons. The number of hydrogen-bond acceptors (Lipinski definition) is 2. The van der Waals surface area contributed by atoms with Crippen LogP contribution in [0.25, 0.3) is 0 Å². The van der Waals surface area contributed by atoms with Gasteiger partial charge >= 0.3 is 6.03 Å². The van der Waals surface area contributed by atoms with Crippen molar-refractivity contribution in [3.05, 3.63) is 30.3 Å². The summed E-state index contributed by atoms with van der Waals surface area (Å²) in [6.45, 7) is 0.419. The fourth-order valence-corrected chi connectivity index (χ4v) is 1.97. The largest absolute Gasteiger partial charge is 0.395 e. The van der Waals surface area contributed by atoms with Gasteiger partial charge in [0.05, 0.1) is 6.61 Å². The molecule has 2 amide bonds. The molecular weight excluding hydrogens is 216 g/mol. The molecule has 0 radical (unpaired) electrons. The van der Waals surface area contributed by atoms with Crippen LogP contribution in [0, 0.1) is 0 Å². The topological polar surface area (TPSA) is 52.6 Å². The van der Waals surface area contributed by atoms with Gasteiger partial charge in [0.2, 0.25) is 0 Å². The van der Waals surface area contributed by atoms with Gasteiger partial charge in [0, 0.05) is 18.3 Å². The molecule has 4 nitrogen and oxygen atoms in total. The summed E-state index contributed by atoms with van der Waals surface area (Å²) in [5, 5.41) is 11.9. The van der Waals surface area contributed by atoms with Gasteiger partial charge in [-0.25, -0.2) is 4.79 Å². The molecule has 1 saturated carbocycles. The number of para-hydroxylation sites is 1. The molecule has 2 rings (SSSR count). The average Bonchev–Trinajstić information content (AvgIpc) is 2.27. The summed E-state index contributed by atoms with van der Waals surface area (Å²) in [5.74, 6) is 0. The highest BCUT2D eigenvalue weighted by molar-refractivity contribution is 5.89. The third-order valence-corrected chi connectivity index (χ3v) is 3.14. The Kier molecular flexibility index (Phi) is 3.98. The van der Waals surface area contributed by atoms with Crippen molar-refractivity contribution in [1.29, 1.82) is 0 Å². The fraction of sp³-hybridized carbons (Fsp3) is 0.462. The van der Waals surface area contributed by atoms with Crippen LogP contribution >= 0.6 is 0 Å². The molecule has 1 fully saturated rings. The van der Waals surface area contributed by atoms with Crippen molar-refractivity contribution in [1.82, 2.24) is 4.90 Å². The van der Waals surface area contributed by atoms with Crippen LogP contribution < -0.4 is 5.32 Å². The molecule has 1 aromatic carbocycles. The van der Waals surface area contributed by atoms with Crippen molar-refractivity contribution in [3.8, 4) is 0 Å². The number of aliphatic hydroxyl groups is 1. The lowest BCUT2D eigenvalue weighted by Crippen LogP contribution is -2.47. The predicted octanol–water partition coefficient (Wildman–Crippen LogP) is 2.07. The van der Waals surface area contributed by atoms with Gasteiger partial charge in [0.1, 0.15) is 0 Å². The first-order valence-electron chi connectivity index (χ1n) is 6.05. The number of rotatable bonds is 4. The first kappa shape index (κ1) is 11.9. The van der Waals surface area contributed by atoms with Crippen LogP contribution in [-0.4, -0.2) is 35.2 Å². The van der Waals surface area contributed by atoms with E-state index in [1.54, 1.807) is 4.90 Å². The van der Waals surface area contributed by atoms with Crippen LogP contribution in [0.1, 0.15) is 19.3 Å². The maximum absolute atomic E-state index is 12.0. The Morgan fingerprint density at radius 1 is 1.35 bits per heavy atom. The number of anilines is 1. The van der Waals surface area contributed by atoms with E-state index >= 15 is 0 Å². The van der Waals surface area contributed by atoms with Crippen molar-refractivity contribution in [3.63, 3.8) is 0 Å². The third kappa shape index (κ3) is 2.97. The van der Waals surface area contributed by atoms with Crippen molar-refractivity contribution < 1.29 is 9.90 Å². The second-order valence-electron chi connectivity index (χ2n) is 4.30. The highest BCUT2D eigenvalue weighted by Crippen LogP contribution is 2.25. The van der Waals surface area contributed by atoms with E-state index in [2.05, 4.69) is 5.32 Å². The summed E-state index contributed by atoms with van der Waals surface area (Å²) in [6.07, 6.45) is 3.26. The summed E-state index contributed by atoms with van der Waals surface area (Å²) in [6, 6.07) is 9.57. The van der Waals surface area contributed by atoms with Crippen LogP contribution in [0.5, 0.6) is 0 Å². The standard InChI is InChI=1S/C13H18N2O2/c16-10-9-15(12-7-4-8-12)13(17)14-11-5-2-1-3-6-11/h1-3,5-6,12,16H,4,7-10H2,(H,14,17). The quantitative estimate of drug-likeness (QED) is 0.838. The van der Waals surface area contributed by atoms with E-state index in [4.69, 9.17) is 5.11 Å². The van der Waals surface area contributed by atoms with Crippen LogP contribution in [0.2, 0.25) is 0 Å². The molecule has 0 unspecified atom stereocenters. The molecule has 0 atom stereocenters. The van der Waals surface area contributed by atoms with Crippen LogP contribution in [-0.2, 0) is 0 Å². The molecule has 0 bridgehead atoms. The number of nitrogens with zero attached hydrogens (tertiary/aromatic N) is 1. The molecule has 2 N–H and O–H groups in total. The lowest BCUT2D eigenvalue weighted by molar-refractivity contribution is 0.127. The molecule has 17 heavy (non-hydrogen) atoms. The first-order chi connectivity index (χ1) is 8.31. The third-order valence-electron chi connectivity index (χ3n) is 3.14. The lowest BCUT2D eigenvalue weighted by atomic mass is 9.92. The SMILES string of the molecule is O=C(Nc1ccccc1)N(CCO)C1CCC1. The summed E-state index contributed by atoms with van der Waals surface area (Å²) in [4.78, 5) is 13.8. The molecule has 1 aliphatic carbocycles. The fourth-order valence-electron chi connectivity index (χ4n) is 1.97. The van der Waals surface area contributed by atoms with Gasteiger partial charge in [-0.15, -0.1) is 0 Å². The van der Waals surface area contributed by atoms with E-state index in [1.165, 1.54) is 6.42 Å². The number of carbonyl (C=O) groups excluding carboxylic acids is 1. The van der Waals surface area contributed by atoms with E-state index in [1.807, 2.05) is 30.3 Å². The van der Waals surface area contributed by atoms with Crippen molar-refractivity contribution in [2.45, 2.75) is 25.3 Å². The smallest absolute Gasteiger partial charge is 0.322 e. The van der Waals surface area contributed by atoms with E-state index < -0.39 is 0 Å². The Hall–Kier alpha value is -1.55. The maximum Gasteiger partial charge on any atom is 0.322 e. The molecule has 0 saturated heterocycles. The second kappa shape index (κ2) is 5.68. The summed E-state index contributed by atoms with van der Waals surface area (Å²) < 4.78 is 0. The Bertz CT molecular complexity index is 363. The van der Waals surface area contributed by atoms with Crippen LogP contribution in [0.4, 0.5) is 10.5 Å². The van der Waals surface area contributed by atoms with Crippen molar-refractivity contribution >= 4 is 11.7 Å². The summed E-state index contributed by atoms with van der Waals surface area (Å²) in [7, 11) is 0. The Balaban J connectivity index is 1.96. The van der Waals surface area contributed by atoms with E-state index in [0.717, 1.165) is 18.5 Å². The van der Waals surface area contributed by atoms with Gasteiger partial charge in [-0.1, -0.05) is 18.2 Å². The minimum Gasteiger partial charge on any atom is -0.395 e. The number of amides is 2. The maximum atomic E-state index is 12.0. The van der Waals surface area contributed by atoms with Gasteiger partial charge < -0.3 is 15.3 Å². The van der Waals surface area contributed by atoms with Gasteiger partial charge in [0.25, 0.3) is 0 Å². The molecule has 0 heterocycles. The van der Waals surface area contributed by atoms with Gasteiger partial charge in [-0.2, -0.15) is 0 Å². The summed E-state index contributed by atoms with van der Waals surface area (Å²) in [5.41, 5.74) is 0.791. The minimum absolute atomic E-state index is 0.0126. The number of urea groups is 1. The number of hydrogen-bond donors (Lipinski definition) is 2. The molecule has 1 aromatic rings. The average molecular weight is 234 g/mol. The van der Waals surface area contributed by atoms with Crippen molar-refractivity contribution in [2.24, 2.45) is 0 Å². The monoisotopic (exact) mass is 234 g/mol. The zero-order valence-electron chi connectivity index (χ0n) is 9.80. The van der Waals surface area contributed by atoms with Gasteiger partial charge in [0.15, 0.2) is 0 Å². The lowest BCUT2D eigenvalue weighted by Gasteiger charge is -2.37. The predicted molar refractivity (Wildman–Crippen MR) is 66.9 cm³/mol. The van der Waals surface area contributed by atoms with E-state index in [0.29, 0.717) is 12.6 Å². The number of benzene rings is 1. The summed E-state index contributed by atoms with van der Waals surface area (Å²) >= 11 is 0. The molecule has 1 aliphatic rings. The van der Waals surface area contributed by atoms with Crippen molar-refractivity contribution in [2.75, 3.05) is 18.5 Å². The number of carbonyl (C=O) groups is 1. The molecule has 0 spiro atoms. The van der Waals surface area contributed by atoms with Gasteiger partial charge in [-0.05, 0) is 31.4 Å². The Morgan fingerprint density at radius 2 is 2.06 bits per heavy atom. The molecule has 0 aliphatic heterocycles. The van der Waals surface area contributed by atoms with E-state index in [9.17, 15) is 4.79 Å². The van der Waals surface area contributed by atoms with E-state index in [-0.39, 0.29) is 12.6 Å². The number of aliphatic hydroxyl groups excluding tert-OH is 1. The highest BCUT2D eigenvalue weighted by atomic mass is 16.3. The minimum atomic E-state index is -0.116. The zero-order chi connectivity index (χ0) is 12.1. The second-order valence-corrected chi connectivity index (χ2v) is 4.30. The zero-order valence-corrected chi connectivity index (χ0v) is 9.80. The van der Waals surface area contributed by atoms with Crippen LogP contribution in [0.3, 0.4) is 0 Å². The van der Waals surface area contributed by atoms with Crippen LogP contribution in [0.15, 0.2) is 30.3 Å². The first-order valence-corrected chi connectivity index (χ1v) is 6.05. The normalized spacial score (nSPS) is 15.1.